The van der Waals surface area contributed by atoms with E-state index in [2.05, 4.69) is 5.10 Å². The first-order valence-corrected chi connectivity index (χ1v) is 8.68. The molecule has 6 nitrogen and oxygen atoms in total. The van der Waals surface area contributed by atoms with Crippen LogP contribution >= 0.6 is 11.3 Å². The van der Waals surface area contributed by atoms with Crippen molar-refractivity contribution in [1.29, 1.82) is 0 Å². The molecule has 3 rings (SSSR count). The summed E-state index contributed by atoms with van der Waals surface area (Å²) >= 11 is 1.52. The Morgan fingerprint density at radius 3 is 2.74 bits per heavy atom. The van der Waals surface area contributed by atoms with E-state index in [1.165, 1.54) is 16.0 Å². The molecule has 122 valence electrons. The maximum Gasteiger partial charge on any atom is 0.290 e. The van der Waals surface area contributed by atoms with Gasteiger partial charge in [-0.05, 0) is 43.7 Å². The summed E-state index contributed by atoms with van der Waals surface area (Å²) in [7, 11) is 0. The van der Waals surface area contributed by atoms with Gasteiger partial charge in [-0.1, -0.05) is 6.07 Å². The molecule has 0 radical (unpaired) electrons. The van der Waals surface area contributed by atoms with Crippen LogP contribution in [-0.2, 0) is 4.79 Å². The van der Waals surface area contributed by atoms with Gasteiger partial charge in [0, 0.05) is 13.1 Å². The van der Waals surface area contributed by atoms with Crippen molar-refractivity contribution in [2.24, 2.45) is 0 Å². The molecular weight excluding hydrogens is 312 g/mol. The smallest absolute Gasteiger partial charge is 0.290 e. The van der Waals surface area contributed by atoms with Crippen molar-refractivity contribution < 1.29 is 4.79 Å². The molecule has 0 aliphatic carbocycles. The zero-order valence-corrected chi connectivity index (χ0v) is 13.9. The van der Waals surface area contributed by atoms with Crippen LogP contribution in [0.3, 0.4) is 0 Å². The number of aromatic nitrogens is 2. The molecule has 1 amide bonds. The van der Waals surface area contributed by atoms with E-state index in [1.54, 1.807) is 13.0 Å². The summed E-state index contributed by atoms with van der Waals surface area (Å²) < 4.78 is 1.22. The first kappa shape index (κ1) is 15.7. The van der Waals surface area contributed by atoms with Crippen molar-refractivity contribution >= 4 is 22.9 Å². The fourth-order valence-corrected chi connectivity index (χ4v) is 3.50. The molecule has 1 atom stereocenters. The zero-order valence-electron chi connectivity index (χ0n) is 13.1. The third-order valence-corrected chi connectivity index (χ3v) is 5.02. The number of amides is 1. The van der Waals surface area contributed by atoms with Crippen LogP contribution in [-0.4, -0.2) is 33.7 Å². The first-order valence-electron chi connectivity index (χ1n) is 7.80. The highest BCUT2D eigenvalue weighted by Crippen LogP contribution is 2.23. The minimum absolute atomic E-state index is 0.0676. The molecule has 0 unspecified atom stereocenters. The molecule has 1 fully saturated rings. The largest absolute Gasteiger partial charge is 0.394 e. The Morgan fingerprint density at radius 1 is 1.35 bits per heavy atom. The molecule has 2 N–H and O–H groups in total. The summed E-state index contributed by atoms with van der Waals surface area (Å²) in [5, 5.41) is 6.31. The second-order valence-electron chi connectivity index (χ2n) is 5.77. The van der Waals surface area contributed by atoms with Crippen molar-refractivity contribution in [2.75, 3.05) is 18.8 Å². The molecule has 0 bridgehead atoms. The summed E-state index contributed by atoms with van der Waals surface area (Å²) in [6, 6.07) is 4.75. The summed E-state index contributed by atoms with van der Waals surface area (Å²) in [4.78, 5) is 27.7. The molecule has 1 saturated heterocycles. The predicted octanol–water partition coefficient (Wildman–Crippen LogP) is 2.13. The van der Waals surface area contributed by atoms with Crippen LogP contribution in [0.25, 0.3) is 10.6 Å². The average molecular weight is 332 g/mol. The van der Waals surface area contributed by atoms with E-state index in [1.807, 2.05) is 22.4 Å². The number of carbonyl (C=O) groups is 1. The third-order valence-electron chi connectivity index (χ3n) is 4.13. The standard InChI is InChI=1S/C16H20N4O2S/c1-11(15(21)19-7-3-2-4-8-19)20-16(22)12(17)10-13(18-20)14-6-5-9-23-14/h5-6,9-11H,2-4,7-8,17H2,1H3/t11-/m1/s1. The molecule has 2 aromatic heterocycles. The monoisotopic (exact) mass is 332 g/mol. The van der Waals surface area contributed by atoms with Crippen molar-refractivity contribution in [2.45, 2.75) is 32.2 Å². The van der Waals surface area contributed by atoms with Gasteiger partial charge in [-0.15, -0.1) is 11.3 Å². The van der Waals surface area contributed by atoms with Gasteiger partial charge in [0.2, 0.25) is 5.91 Å². The molecule has 3 heterocycles. The predicted molar refractivity (Wildman–Crippen MR) is 91.4 cm³/mol. The summed E-state index contributed by atoms with van der Waals surface area (Å²) in [6.07, 6.45) is 3.17. The highest BCUT2D eigenvalue weighted by atomic mass is 32.1. The zero-order chi connectivity index (χ0) is 16.4. The van der Waals surface area contributed by atoms with E-state index < -0.39 is 11.6 Å². The SMILES string of the molecule is C[C@H](C(=O)N1CCCCC1)n1nc(-c2cccs2)cc(N)c1=O. The van der Waals surface area contributed by atoms with Gasteiger partial charge in [0.1, 0.15) is 17.4 Å². The van der Waals surface area contributed by atoms with Gasteiger partial charge in [-0.3, -0.25) is 9.59 Å². The van der Waals surface area contributed by atoms with Crippen LogP contribution in [0.1, 0.15) is 32.2 Å². The van der Waals surface area contributed by atoms with Gasteiger partial charge in [-0.25, -0.2) is 4.68 Å². The molecule has 0 saturated carbocycles. The van der Waals surface area contributed by atoms with E-state index in [4.69, 9.17) is 5.73 Å². The lowest BCUT2D eigenvalue weighted by molar-refractivity contribution is -0.135. The maximum absolute atomic E-state index is 12.6. The van der Waals surface area contributed by atoms with E-state index >= 15 is 0 Å². The minimum atomic E-state index is -0.650. The molecule has 2 aromatic rings. The van der Waals surface area contributed by atoms with E-state index in [0.717, 1.165) is 37.2 Å². The third kappa shape index (κ3) is 3.14. The quantitative estimate of drug-likeness (QED) is 0.933. The van der Waals surface area contributed by atoms with E-state index in [9.17, 15) is 9.59 Å². The molecule has 0 spiro atoms. The van der Waals surface area contributed by atoms with Crippen LogP contribution in [0.15, 0.2) is 28.4 Å². The second kappa shape index (κ2) is 6.54. The Labute approximate surface area is 138 Å². The normalized spacial score (nSPS) is 16.3. The van der Waals surface area contributed by atoms with Crippen molar-refractivity contribution in [3.8, 4) is 10.6 Å². The highest BCUT2D eigenvalue weighted by molar-refractivity contribution is 7.13. The van der Waals surface area contributed by atoms with Gasteiger partial charge in [0.15, 0.2) is 0 Å². The molecule has 1 aliphatic rings. The van der Waals surface area contributed by atoms with Gasteiger partial charge < -0.3 is 10.6 Å². The lowest BCUT2D eigenvalue weighted by Crippen LogP contribution is -2.42. The molecule has 23 heavy (non-hydrogen) atoms. The lowest BCUT2D eigenvalue weighted by atomic mass is 10.1. The number of nitrogens with zero attached hydrogens (tertiary/aromatic N) is 3. The Morgan fingerprint density at radius 2 is 2.09 bits per heavy atom. The Bertz CT molecular complexity index is 748. The maximum atomic E-state index is 12.6. The number of thiophene rings is 1. The van der Waals surface area contributed by atoms with Gasteiger partial charge >= 0.3 is 0 Å². The second-order valence-corrected chi connectivity index (χ2v) is 6.72. The molecule has 1 aliphatic heterocycles. The Hall–Kier alpha value is -2.15. The van der Waals surface area contributed by atoms with Crippen LogP contribution in [0, 0.1) is 0 Å². The average Bonchev–Trinajstić information content (AvgIpc) is 3.11. The number of hydrogen-bond acceptors (Lipinski definition) is 5. The van der Waals surface area contributed by atoms with Crippen molar-refractivity contribution in [1.82, 2.24) is 14.7 Å². The number of anilines is 1. The Balaban J connectivity index is 1.94. The van der Waals surface area contributed by atoms with Crippen molar-refractivity contribution in [3.05, 3.63) is 33.9 Å². The minimum Gasteiger partial charge on any atom is -0.394 e. The molecular formula is C16H20N4O2S. The van der Waals surface area contributed by atoms with Gasteiger partial charge in [0.25, 0.3) is 5.56 Å². The number of nitrogens with two attached hydrogens (primary N) is 1. The topological polar surface area (TPSA) is 81.2 Å². The van der Waals surface area contributed by atoms with E-state index in [0.29, 0.717) is 5.69 Å². The first-order chi connectivity index (χ1) is 11.1. The summed E-state index contributed by atoms with van der Waals surface area (Å²) in [5.41, 5.74) is 6.17. The van der Waals surface area contributed by atoms with Gasteiger partial charge in [0.05, 0.1) is 4.88 Å². The number of nitrogen functional groups attached to an aromatic ring is 1. The molecule has 7 heteroatoms. The number of hydrogen-bond donors (Lipinski definition) is 1. The number of piperidine rings is 1. The lowest BCUT2D eigenvalue weighted by Gasteiger charge is -2.29. The fourth-order valence-electron chi connectivity index (χ4n) is 2.82. The summed E-state index contributed by atoms with van der Waals surface area (Å²) in [6.45, 7) is 3.21. The highest BCUT2D eigenvalue weighted by Gasteiger charge is 2.25. The fraction of sp³-hybridized carbons (Fsp3) is 0.438. The van der Waals surface area contributed by atoms with Crippen LogP contribution in [0.5, 0.6) is 0 Å². The number of rotatable bonds is 3. The van der Waals surface area contributed by atoms with Crippen LogP contribution in [0.2, 0.25) is 0 Å². The number of carbonyl (C=O) groups excluding carboxylic acids is 1. The van der Waals surface area contributed by atoms with E-state index in [-0.39, 0.29) is 11.6 Å². The Kier molecular flexibility index (Phi) is 4.47. The van der Waals surface area contributed by atoms with Crippen LogP contribution in [0.4, 0.5) is 5.69 Å². The summed E-state index contributed by atoms with van der Waals surface area (Å²) in [5.74, 6) is -0.0676. The van der Waals surface area contributed by atoms with Crippen molar-refractivity contribution in [3.63, 3.8) is 0 Å². The van der Waals surface area contributed by atoms with Gasteiger partial charge in [-0.2, -0.15) is 5.10 Å². The van der Waals surface area contributed by atoms with Crippen LogP contribution < -0.4 is 11.3 Å². The molecule has 0 aromatic carbocycles. The number of likely N-dealkylation sites (tertiary alicyclic amines) is 1.